The van der Waals surface area contributed by atoms with E-state index in [2.05, 4.69) is 118 Å². The summed E-state index contributed by atoms with van der Waals surface area (Å²) in [6.07, 6.45) is 69.5. The standard InChI is InChI=1S/C58H94O6/c1-4-7-10-13-16-19-22-25-27-28-29-31-33-36-39-42-45-48-51-57(60)63-54-55(53-62-56(59)50-47-44-41-38-35-32-24-21-18-15-12-9-6-3)64-58(61)52-49-46-43-40-37-34-30-26-23-20-17-14-11-8-5-2/h8-9,11-12,17-18,20-21,26-28,30,32,35,37,40-41,44,55H,4-7,10,13-16,19,22-25,29,31,33-34,36,38-39,42-43,45-54H2,1-3H3/b11-8-,12-9-,20-17-,21-18-,28-27-,30-26-,35-32-,40-37-,44-41-. The van der Waals surface area contributed by atoms with Crippen molar-refractivity contribution in [3.63, 3.8) is 0 Å². The van der Waals surface area contributed by atoms with Gasteiger partial charge in [-0.2, -0.15) is 0 Å². The normalized spacial score (nSPS) is 13.0. The first kappa shape index (κ1) is 60.1. The van der Waals surface area contributed by atoms with E-state index in [4.69, 9.17) is 14.2 Å². The fourth-order valence-electron chi connectivity index (χ4n) is 6.68. The van der Waals surface area contributed by atoms with Gasteiger partial charge < -0.3 is 14.2 Å². The Morgan fingerprint density at radius 1 is 0.328 bits per heavy atom. The van der Waals surface area contributed by atoms with E-state index in [1.165, 1.54) is 83.5 Å². The van der Waals surface area contributed by atoms with Crippen LogP contribution < -0.4 is 0 Å². The summed E-state index contributed by atoms with van der Waals surface area (Å²) in [5.41, 5.74) is 0. The topological polar surface area (TPSA) is 78.9 Å². The van der Waals surface area contributed by atoms with Gasteiger partial charge in [0.05, 0.1) is 0 Å². The second-order valence-electron chi connectivity index (χ2n) is 16.7. The molecule has 0 heterocycles. The highest BCUT2D eigenvalue weighted by atomic mass is 16.6. The van der Waals surface area contributed by atoms with Gasteiger partial charge in [0, 0.05) is 19.3 Å². The summed E-state index contributed by atoms with van der Waals surface area (Å²) in [5, 5.41) is 0. The van der Waals surface area contributed by atoms with Gasteiger partial charge in [-0.3, -0.25) is 14.4 Å². The minimum atomic E-state index is -0.831. The van der Waals surface area contributed by atoms with Gasteiger partial charge in [0.1, 0.15) is 13.2 Å². The maximum Gasteiger partial charge on any atom is 0.306 e. The lowest BCUT2D eigenvalue weighted by molar-refractivity contribution is -0.166. The van der Waals surface area contributed by atoms with Gasteiger partial charge in [0.2, 0.25) is 0 Å². The largest absolute Gasteiger partial charge is 0.462 e. The summed E-state index contributed by atoms with van der Waals surface area (Å²) in [6, 6.07) is 0. The van der Waals surface area contributed by atoms with Gasteiger partial charge in [0.25, 0.3) is 0 Å². The maximum absolute atomic E-state index is 12.8. The molecule has 0 amide bonds. The van der Waals surface area contributed by atoms with Gasteiger partial charge in [-0.15, -0.1) is 0 Å². The zero-order valence-electron chi connectivity index (χ0n) is 41.3. The van der Waals surface area contributed by atoms with Crippen molar-refractivity contribution in [2.75, 3.05) is 13.2 Å². The third-order valence-electron chi connectivity index (χ3n) is 10.5. The molecule has 0 aromatic rings. The summed E-state index contributed by atoms with van der Waals surface area (Å²) >= 11 is 0. The zero-order chi connectivity index (χ0) is 46.5. The zero-order valence-corrected chi connectivity index (χ0v) is 41.3. The molecule has 6 heteroatoms. The van der Waals surface area contributed by atoms with Crippen LogP contribution in [0.3, 0.4) is 0 Å². The van der Waals surface area contributed by atoms with Crippen LogP contribution in [-0.2, 0) is 28.6 Å². The Hall–Kier alpha value is -3.93. The molecule has 1 atom stereocenters. The third-order valence-corrected chi connectivity index (χ3v) is 10.5. The van der Waals surface area contributed by atoms with E-state index >= 15 is 0 Å². The van der Waals surface area contributed by atoms with Gasteiger partial charge in [-0.25, -0.2) is 0 Å². The third kappa shape index (κ3) is 49.1. The van der Waals surface area contributed by atoms with Crippen LogP contribution in [0.25, 0.3) is 0 Å². The molecule has 1 unspecified atom stereocenters. The molecule has 0 rings (SSSR count). The number of esters is 3. The van der Waals surface area contributed by atoms with E-state index in [1.807, 2.05) is 12.2 Å². The van der Waals surface area contributed by atoms with E-state index in [-0.39, 0.29) is 44.0 Å². The van der Waals surface area contributed by atoms with Crippen molar-refractivity contribution in [2.24, 2.45) is 0 Å². The molecule has 362 valence electrons. The summed E-state index contributed by atoms with van der Waals surface area (Å²) < 4.78 is 16.7. The monoisotopic (exact) mass is 887 g/mol. The fourth-order valence-corrected chi connectivity index (χ4v) is 6.68. The molecule has 0 aliphatic heterocycles. The lowest BCUT2D eigenvalue weighted by atomic mass is 10.1. The van der Waals surface area contributed by atoms with Crippen molar-refractivity contribution in [3.8, 4) is 0 Å². The second kappa shape index (κ2) is 51.7. The highest BCUT2D eigenvalue weighted by Crippen LogP contribution is 2.13. The molecule has 0 bridgehead atoms. The quantitative estimate of drug-likeness (QED) is 0.0262. The molecule has 0 radical (unpaired) electrons. The van der Waals surface area contributed by atoms with Crippen LogP contribution in [0.4, 0.5) is 0 Å². The molecule has 0 aromatic carbocycles. The van der Waals surface area contributed by atoms with Gasteiger partial charge in [0.15, 0.2) is 6.10 Å². The van der Waals surface area contributed by atoms with Crippen LogP contribution in [0.5, 0.6) is 0 Å². The number of carbonyl (C=O) groups is 3. The van der Waals surface area contributed by atoms with E-state index in [0.717, 1.165) is 83.5 Å². The minimum Gasteiger partial charge on any atom is -0.462 e. The van der Waals surface area contributed by atoms with Crippen molar-refractivity contribution in [1.82, 2.24) is 0 Å². The molecule has 0 spiro atoms. The predicted octanol–water partition coefficient (Wildman–Crippen LogP) is 17.1. The van der Waals surface area contributed by atoms with E-state index in [1.54, 1.807) is 0 Å². The number of allylic oxidation sites excluding steroid dienone is 18. The van der Waals surface area contributed by atoms with Crippen molar-refractivity contribution in [2.45, 2.75) is 226 Å². The molecule has 0 aliphatic rings. The number of rotatable bonds is 45. The number of carbonyl (C=O) groups excluding carboxylic acids is 3. The number of unbranched alkanes of at least 4 members (excludes halogenated alkanes) is 16. The van der Waals surface area contributed by atoms with Crippen LogP contribution in [0.1, 0.15) is 220 Å². The Bertz CT molecular complexity index is 1340. The lowest BCUT2D eigenvalue weighted by Gasteiger charge is -2.18. The van der Waals surface area contributed by atoms with Crippen molar-refractivity contribution >= 4 is 17.9 Å². The smallest absolute Gasteiger partial charge is 0.306 e. The number of ether oxygens (including phenoxy) is 3. The van der Waals surface area contributed by atoms with Crippen molar-refractivity contribution in [1.29, 1.82) is 0 Å². The van der Waals surface area contributed by atoms with Gasteiger partial charge in [-0.05, 0) is 109 Å². The molecule has 0 fully saturated rings. The summed E-state index contributed by atoms with van der Waals surface area (Å²) in [4.78, 5) is 37.9. The van der Waals surface area contributed by atoms with E-state index in [9.17, 15) is 14.4 Å². The number of hydrogen-bond donors (Lipinski definition) is 0. The molecule has 6 nitrogen and oxygen atoms in total. The SMILES string of the molecule is CC/C=C\C/C=C\C/C=C\C/C=C\CCCCC(=O)OC(COC(=O)CC/C=C\C/C=C\C/C=C\C/C=C\CC)COC(=O)CCCCCCCCC/C=C\CCCCCCCCC. The Morgan fingerprint density at radius 2 is 0.641 bits per heavy atom. The maximum atomic E-state index is 12.8. The minimum absolute atomic E-state index is 0.121. The molecular formula is C58H94O6. The molecule has 0 N–H and O–H groups in total. The van der Waals surface area contributed by atoms with Gasteiger partial charge in [-0.1, -0.05) is 201 Å². The van der Waals surface area contributed by atoms with Crippen LogP contribution in [0.2, 0.25) is 0 Å². The fraction of sp³-hybridized carbons (Fsp3) is 0.638. The molecule has 0 aliphatic carbocycles. The highest BCUT2D eigenvalue weighted by Gasteiger charge is 2.19. The Kier molecular flexibility index (Phi) is 48.5. The van der Waals surface area contributed by atoms with Gasteiger partial charge >= 0.3 is 17.9 Å². The highest BCUT2D eigenvalue weighted by molar-refractivity contribution is 5.71. The molecule has 0 saturated heterocycles. The average Bonchev–Trinajstić information content (AvgIpc) is 3.29. The lowest BCUT2D eigenvalue weighted by Crippen LogP contribution is -2.30. The van der Waals surface area contributed by atoms with Crippen LogP contribution in [0.15, 0.2) is 109 Å². The van der Waals surface area contributed by atoms with Crippen molar-refractivity contribution < 1.29 is 28.6 Å². The van der Waals surface area contributed by atoms with Crippen LogP contribution in [0, 0.1) is 0 Å². The van der Waals surface area contributed by atoms with Crippen molar-refractivity contribution in [3.05, 3.63) is 109 Å². The van der Waals surface area contributed by atoms with Crippen LogP contribution >= 0.6 is 0 Å². The summed E-state index contributed by atoms with van der Waals surface area (Å²) in [6.45, 7) is 6.29. The summed E-state index contributed by atoms with van der Waals surface area (Å²) in [7, 11) is 0. The molecule has 0 saturated carbocycles. The summed E-state index contributed by atoms with van der Waals surface area (Å²) in [5.74, 6) is -1.06. The Labute approximate surface area is 393 Å². The average molecular weight is 887 g/mol. The Balaban J connectivity index is 4.52. The first-order valence-corrected chi connectivity index (χ1v) is 25.9. The first-order chi connectivity index (χ1) is 31.5. The molecular weight excluding hydrogens is 793 g/mol. The Morgan fingerprint density at radius 3 is 1.09 bits per heavy atom. The van der Waals surface area contributed by atoms with E-state index < -0.39 is 6.10 Å². The predicted molar refractivity (Wildman–Crippen MR) is 274 cm³/mol. The molecule has 0 aromatic heterocycles. The number of hydrogen-bond acceptors (Lipinski definition) is 6. The first-order valence-electron chi connectivity index (χ1n) is 25.9. The van der Waals surface area contributed by atoms with Crippen LogP contribution in [-0.4, -0.2) is 37.2 Å². The second-order valence-corrected chi connectivity index (χ2v) is 16.7. The van der Waals surface area contributed by atoms with E-state index in [0.29, 0.717) is 19.3 Å². The molecule has 64 heavy (non-hydrogen) atoms.